The smallest absolute Gasteiger partial charge is 0.348 e. The Bertz CT molecular complexity index is 364. The van der Waals surface area contributed by atoms with Crippen molar-refractivity contribution in [1.82, 2.24) is 0 Å². The standard InChI is InChI=1S/C8H8FNO5/c1-15-4-2-3-8(9,7(13)14)5(10-4)6(11)12/h2-3,5H,1H3,(H,11,12)(H,13,14). The maximum Gasteiger partial charge on any atom is 0.348 e. The molecule has 0 amide bonds. The van der Waals surface area contributed by atoms with Crippen LogP contribution in [-0.4, -0.2) is 46.9 Å². The minimum Gasteiger partial charge on any atom is -0.481 e. The summed E-state index contributed by atoms with van der Waals surface area (Å²) in [4.78, 5) is 24.5. The van der Waals surface area contributed by atoms with Gasteiger partial charge in [-0.3, -0.25) is 0 Å². The van der Waals surface area contributed by atoms with Crippen LogP contribution in [0, 0.1) is 0 Å². The highest BCUT2D eigenvalue weighted by molar-refractivity contribution is 5.98. The van der Waals surface area contributed by atoms with E-state index in [9.17, 15) is 14.0 Å². The number of rotatable bonds is 2. The topological polar surface area (TPSA) is 96.2 Å². The molecular weight excluding hydrogens is 209 g/mol. The summed E-state index contributed by atoms with van der Waals surface area (Å²) in [7, 11) is 1.22. The quantitative estimate of drug-likeness (QED) is 0.670. The number of ether oxygens (including phenoxy) is 1. The first-order valence-electron chi connectivity index (χ1n) is 3.88. The fourth-order valence-corrected chi connectivity index (χ4v) is 1.09. The predicted molar refractivity (Wildman–Crippen MR) is 46.5 cm³/mol. The van der Waals surface area contributed by atoms with Gasteiger partial charge >= 0.3 is 11.9 Å². The average Bonchev–Trinajstić information content (AvgIpc) is 2.17. The van der Waals surface area contributed by atoms with Gasteiger partial charge in [0.2, 0.25) is 5.90 Å². The molecule has 6 nitrogen and oxygen atoms in total. The Kier molecular flexibility index (Phi) is 2.74. The minimum absolute atomic E-state index is 0.128. The van der Waals surface area contributed by atoms with E-state index in [-0.39, 0.29) is 5.90 Å². The van der Waals surface area contributed by atoms with E-state index in [1.807, 2.05) is 0 Å². The van der Waals surface area contributed by atoms with Crippen molar-refractivity contribution in [3.8, 4) is 0 Å². The molecular formula is C8H8FNO5. The number of dihydropyridines is 1. The van der Waals surface area contributed by atoms with E-state index in [0.717, 1.165) is 6.08 Å². The van der Waals surface area contributed by atoms with Crippen LogP contribution in [0.4, 0.5) is 4.39 Å². The van der Waals surface area contributed by atoms with Crippen molar-refractivity contribution in [1.29, 1.82) is 0 Å². The molecule has 1 heterocycles. The zero-order valence-electron chi connectivity index (χ0n) is 7.68. The van der Waals surface area contributed by atoms with Gasteiger partial charge in [0, 0.05) is 0 Å². The van der Waals surface area contributed by atoms with E-state index < -0.39 is 23.6 Å². The van der Waals surface area contributed by atoms with E-state index in [2.05, 4.69) is 9.73 Å². The largest absolute Gasteiger partial charge is 0.481 e. The van der Waals surface area contributed by atoms with Crippen molar-refractivity contribution in [2.24, 2.45) is 4.99 Å². The van der Waals surface area contributed by atoms with E-state index in [1.54, 1.807) is 0 Å². The number of carboxylic acid groups (broad SMARTS) is 2. The highest BCUT2D eigenvalue weighted by Gasteiger charge is 2.51. The lowest BCUT2D eigenvalue weighted by Crippen LogP contribution is -2.49. The monoisotopic (exact) mass is 217 g/mol. The molecule has 1 rings (SSSR count). The summed E-state index contributed by atoms with van der Waals surface area (Å²) in [6.45, 7) is 0. The van der Waals surface area contributed by atoms with Gasteiger partial charge in [-0.2, -0.15) is 0 Å². The third-order valence-electron chi connectivity index (χ3n) is 1.89. The SMILES string of the molecule is COC1=NC(C(=O)O)C(F)(C(=O)O)C=C1. The second kappa shape index (κ2) is 3.68. The van der Waals surface area contributed by atoms with E-state index in [0.29, 0.717) is 6.08 Å². The number of carboxylic acids is 2. The van der Waals surface area contributed by atoms with Crippen molar-refractivity contribution in [2.45, 2.75) is 11.7 Å². The summed E-state index contributed by atoms with van der Waals surface area (Å²) in [5, 5.41) is 17.2. The number of aliphatic imine (C=N–C) groups is 1. The maximum absolute atomic E-state index is 13.7. The van der Waals surface area contributed by atoms with E-state index >= 15 is 0 Å². The summed E-state index contributed by atoms with van der Waals surface area (Å²) in [6.07, 6.45) is 1.59. The van der Waals surface area contributed by atoms with Gasteiger partial charge < -0.3 is 14.9 Å². The molecule has 82 valence electrons. The van der Waals surface area contributed by atoms with Crippen molar-refractivity contribution in [3.63, 3.8) is 0 Å². The number of alkyl halides is 1. The Labute approximate surface area is 83.7 Å². The van der Waals surface area contributed by atoms with Crippen molar-refractivity contribution >= 4 is 17.8 Å². The summed E-state index contributed by atoms with van der Waals surface area (Å²) in [5.74, 6) is -3.69. The molecule has 0 aliphatic carbocycles. The first-order chi connectivity index (χ1) is 6.91. The van der Waals surface area contributed by atoms with Crippen LogP contribution < -0.4 is 0 Å². The molecule has 2 atom stereocenters. The van der Waals surface area contributed by atoms with Crippen LogP contribution in [0.15, 0.2) is 17.1 Å². The maximum atomic E-state index is 13.7. The molecule has 0 saturated carbocycles. The number of carbonyl (C=O) groups is 2. The Morgan fingerprint density at radius 1 is 1.60 bits per heavy atom. The van der Waals surface area contributed by atoms with Crippen LogP contribution in [0.25, 0.3) is 0 Å². The van der Waals surface area contributed by atoms with Crippen LogP contribution >= 0.6 is 0 Å². The van der Waals surface area contributed by atoms with Gasteiger partial charge in [-0.15, -0.1) is 0 Å². The summed E-state index contributed by atoms with van der Waals surface area (Å²) in [6, 6.07) is -2.03. The molecule has 2 N–H and O–H groups in total. The molecule has 1 aliphatic heterocycles. The predicted octanol–water partition coefficient (Wildman–Crippen LogP) is -0.153. The molecule has 0 aromatic heterocycles. The second-order valence-corrected chi connectivity index (χ2v) is 2.82. The van der Waals surface area contributed by atoms with Crippen LogP contribution in [0.1, 0.15) is 0 Å². The Morgan fingerprint density at radius 2 is 2.20 bits per heavy atom. The molecule has 1 aliphatic rings. The van der Waals surface area contributed by atoms with Gasteiger partial charge in [-0.25, -0.2) is 19.0 Å². The molecule has 7 heteroatoms. The van der Waals surface area contributed by atoms with Gasteiger partial charge in [-0.05, 0) is 12.2 Å². The Hall–Kier alpha value is -1.92. The zero-order valence-corrected chi connectivity index (χ0v) is 7.68. The lowest BCUT2D eigenvalue weighted by Gasteiger charge is -2.24. The van der Waals surface area contributed by atoms with Gasteiger partial charge in [0.05, 0.1) is 7.11 Å². The fourth-order valence-electron chi connectivity index (χ4n) is 1.09. The molecule has 2 unspecified atom stereocenters. The molecule has 0 aromatic carbocycles. The second-order valence-electron chi connectivity index (χ2n) is 2.82. The van der Waals surface area contributed by atoms with Crippen LogP contribution in [0.3, 0.4) is 0 Å². The number of nitrogens with zero attached hydrogens (tertiary/aromatic N) is 1. The summed E-state index contributed by atoms with van der Waals surface area (Å²) < 4.78 is 18.3. The number of hydrogen-bond acceptors (Lipinski definition) is 4. The van der Waals surface area contributed by atoms with Crippen molar-refractivity contribution in [2.75, 3.05) is 7.11 Å². The van der Waals surface area contributed by atoms with Crippen molar-refractivity contribution < 1.29 is 28.9 Å². The van der Waals surface area contributed by atoms with Crippen LogP contribution in [0.2, 0.25) is 0 Å². The minimum atomic E-state index is -3.03. The molecule has 0 aromatic rings. The number of aliphatic carboxylic acids is 2. The molecule has 0 bridgehead atoms. The highest BCUT2D eigenvalue weighted by atomic mass is 19.1. The summed E-state index contributed by atoms with van der Waals surface area (Å²) >= 11 is 0. The van der Waals surface area contributed by atoms with Gasteiger partial charge in [0.15, 0.2) is 6.04 Å². The lowest BCUT2D eigenvalue weighted by atomic mass is 9.94. The molecule has 0 radical (unpaired) electrons. The van der Waals surface area contributed by atoms with Crippen LogP contribution in [-0.2, 0) is 14.3 Å². The normalized spacial score (nSPS) is 29.5. The molecule has 0 spiro atoms. The third kappa shape index (κ3) is 1.80. The van der Waals surface area contributed by atoms with Crippen molar-refractivity contribution in [3.05, 3.63) is 12.2 Å². The van der Waals surface area contributed by atoms with Crippen LogP contribution in [0.5, 0.6) is 0 Å². The molecule has 15 heavy (non-hydrogen) atoms. The van der Waals surface area contributed by atoms with Gasteiger partial charge in [0.1, 0.15) is 0 Å². The van der Waals surface area contributed by atoms with Gasteiger partial charge in [0.25, 0.3) is 5.67 Å². The molecule has 0 fully saturated rings. The first kappa shape index (κ1) is 11.2. The van der Waals surface area contributed by atoms with Gasteiger partial charge in [-0.1, -0.05) is 0 Å². The Balaban J connectivity index is 3.14. The zero-order chi connectivity index (χ0) is 11.6. The van der Waals surface area contributed by atoms with E-state index in [1.165, 1.54) is 7.11 Å². The first-order valence-corrected chi connectivity index (χ1v) is 3.88. The summed E-state index contributed by atoms with van der Waals surface area (Å²) in [5.41, 5.74) is -3.03. The highest BCUT2D eigenvalue weighted by Crippen LogP contribution is 2.25. The fraction of sp³-hybridized carbons (Fsp3) is 0.375. The lowest BCUT2D eigenvalue weighted by molar-refractivity contribution is -0.156. The Morgan fingerprint density at radius 3 is 2.60 bits per heavy atom. The number of hydrogen-bond donors (Lipinski definition) is 2. The third-order valence-corrected chi connectivity index (χ3v) is 1.89. The van der Waals surface area contributed by atoms with E-state index in [4.69, 9.17) is 10.2 Å². The number of methoxy groups -OCH3 is 1. The number of halogens is 1. The molecule has 0 saturated heterocycles. The average molecular weight is 217 g/mol.